The van der Waals surface area contributed by atoms with Crippen LogP contribution in [0.25, 0.3) is 0 Å². The molecule has 4 nitrogen and oxygen atoms in total. The molecule has 1 heterocycles. The summed E-state index contributed by atoms with van der Waals surface area (Å²) in [5.74, 6) is 0.0685. The zero-order valence-corrected chi connectivity index (χ0v) is 21.3. The summed E-state index contributed by atoms with van der Waals surface area (Å²) < 4.78 is 0. The first-order valence-electron chi connectivity index (χ1n) is 12.3. The largest absolute Gasteiger partial charge is 0.368 e. The number of carbonyl (C=O) groups excluding carboxylic acids is 1. The van der Waals surface area contributed by atoms with Crippen molar-refractivity contribution in [3.05, 3.63) is 95.5 Å². The highest BCUT2D eigenvalue weighted by Crippen LogP contribution is 2.44. The average Bonchev–Trinajstić information content (AvgIpc) is 3.42. The first-order valence-corrected chi connectivity index (χ1v) is 13.1. The summed E-state index contributed by atoms with van der Waals surface area (Å²) in [5, 5.41) is 1.27. The first kappa shape index (κ1) is 23.8. The van der Waals surface area contributed by atoms with Crippen molar-refractivity contribution in [1.82, 2.24) is 4.90 Å². The third kappa shape index (κ3) is 4.80. The zero-order chi connectivity index (χ0) is 24.3. The van der Waals surface area contributed by atoms with E-state index in [4.69, 9.17) is 23.8 Å². The minimum Gasteiger partial charge on any atom is -0.368 e. The van der Waals surface area contributed by atoms with Crippen LogP contribution in [0, 0.1) is 0 Å². The number of amides is 1. The van der Waals surface area contributed by atoms with Crippen LogP contribution in [0.15, 0.2) is 84.9 Å². The summed E-state index contributed by atoms with van der Waals surface area (Å²) in [5.41, 5.74) is 2.49. The maximum Gasteiger partial charge on any atom is 0.243 e. The van der Waals surface area contributed by atoms with Crippen molar-refractivity contribution in [3.63, 3.8) is 0 Å². The fraction of sp³-hybridized carbons (Fsp3) is 0.310. The fourth-order valence-electron chi connectivity index (χ4n) is 5.42. The summed E-state index contributed by atoms with van der Waals surface area (Å²) in [7, 11) is 0. The van der Waals surface area contributed by atoms with Crippen LogP contribution in [0.5, 0.6) is 0 Å². The molecule has 35 heavy (non-hydrogen) atoms. The molecule has 0 radical (unpaired) electrons. The molecule has 0 bridgehead atoms. The average molecular weight is 504 g/mol. The Bertz CT molecular complexity index is 1160. The van der Waals surface area contributed by atoms with Gasteiger partial charge < -0.3 is 9.80 Å². The molecule has 1 aliphatic heterocycles. The quantitative estimate of drug-likeness (QED) is 0.391. The number of carbonyl (C=O) groups is 1. The minimum absolute atomic E-state index is 0.0685. The van der Waals surface area contributed by atoms with Gasteiger partial charge in [-0.2, -0.15) is 0 Å². The van der Waals surface area contributed by atoms with E-state index in [0.717, 1.165) is 63.1 Å². The van der Waals surface area contributed by atoms with Crippen LogP contribution >= 0.6 is 23.8 Å². The van der Waals surface area contributed by atoms with E-state index in [9.17, 15) is 4.79 Å². The van der Waals surface area contributed by atoms with Crippen LogP contribution in [-0.4, -0.2) is 42.1 Å². The van der Waals surface area contributed by atoms with E-state index in [1.54, 1.807) is 4.90 Å². The normalized spacial score (nSPS) is 17.3. The predicted octanol–water partition coefficient (Wildman–Crippen LogP) is 6.29. The van der Waals surface area contributed by atoms with Gasteiger partial charge in [-0.3, -0.25) is 9.69 Å². The van der Waals surface area contributed by atoms with Crippen LogP contribution in [-0.2, 0) is 10.2 Å². The molecule has 0 aromatic heterocycles. The summed E-state index contributed by atoms with van der Waals surface area (Å²) in [6, 6.07) is 28.1. The number of thiocarbonyl (C=S) groups is 1. The maximum atomic E-state index is 14.5. The molecule has 0 spiro atoms. The number of hydrogen-bond acceptors (Lipinski definition) is 3. The molecule has 2 fully saturated rings. The van der Waals surface area contributed by atoms with E-state index in [1.165, 1.54) is 5.69 Å². The fourth-order valence-corrected chi connectivity index (χ4v) is 5.91. The molecule has 6 heteroatoms. The van der Waals surface area contributed by atoms with Crippen molar-refractivity contribution in [2.24, 2.45) is 0 Å². The van der Waals surface area contributed by atoms with Crippen LogP contribution in [0.4, 0.5) is 11.4 Å². The summed E-state index contributed by atoms with van der Waals surface area (Å²) >= 11 is 12.2. The van der Waals surface area contributed by atoms with E-state index < -0.39 is 5.41 Å². The van der Waals surface area contributed by atoms with Gasteiger partial charge in [-0.15, -0.1) is 0 Å². The van der Waals surface area contributed by atoms with Crippen LogP contribution < -0.4 is 9.80 Å². The monoisotopic (exact) mass is 503 g/mol. The highest BCUT2D eigenvalue weighted by atomic mass is 35.5. The third-order valence-electron chi connectivity index (χ3n) is 7.34. The number of rotatable bonds is 4. The number of piperazine rings is 1. The van der Waals surface area contributed by atoms with Gasteiger partial charge in [0.05, 0.1) is 11.1 Å². The van der Waals surface area contributed by atoms with Crippen molar-refractivity contribution >= 4 is 46.2 Å². The Morgan fingerprint density at radius 2 is 1.37 bits per heavy atom. The van der Waals surface area contributed by atoms with Crippen molar-refractivity contribution in [3.8, 4) is 0 Å². The predicted molar refractivity (Wildman–Crippen MR) is 148 cm³/mol. The lowest BCUT2D eigenvalue weighted by Gasteiger charge is -2.42. The molecule has 5 rings (SSSR count). The molecule has 1 saturated carbocycles. The molecule has 180 valence electrons. The van der Waals surface area contributed by atoms with Gasteiger partial charge >= 0.3 is 0 Å². The Labute approximate surface area is 218 Å². The summed E-state index contributed by atoms with van der Waals surface area (Å²) in [6.07, 6.45) is 3.70. The number of nitrogens with zero attached hydrogens (tertiary/aromatic N) is 3. The lowest BCUT2D eigenvalue weighted by Crippen LogP contribution is -2.57. The Morgan fingerprint density at radius 1 is 0.800 bits per heavy atom. The Kier molecular flexibility index (Phi) is 7.07. The highest BCUT2D eigenvalue weighted by Gasteiger charge is 2.47. The molecule has 1 saturated heterocycles. The van der Waals surface area contributed by atoms with E-state index in [1.807, 2.05) is 60.7 Å². The van der Waals surface area contributed by atoms with Crippen LogP contribution in [0.2, 0.25) is 5.02 Å². The van der Waals surface area contributed by atoms with Crippen molar-refractivity contribution in [2.75, 3.05) is 36.0 Å². The second-order valence-corrected chi connectivity index (χ2v) is 10.2. The highest BCUT2D eigenvalue weighted by molar-refractivity contribution is 7.80. The Hall–Kier alpha value is -2.89. The molecule has 3 aromatic carbocycles. The lowest BCUT2D eigenvalue weighted by atomic mass is 9.77. The summed E-state index contributed by atoms with van der Waals surface area (Å²) in [4.78, 5) is 20.9. The third-order valence-corrected chi connectivity index (χ3v) is 8.04. The number of halogens is 1. The van der Waals surface area contributed by atoms with Gasteiger partial charge in [-0.1, -0.05) is 73.0 Å². The second kappa shape index (κ2) is 10.4. The molecule has 3 aromatic rings. The van der Waals surface area contributed by atoms with Gasteiger partial charge in [0.2, 0.25) is 5.91 Å². The Morgan fingerprint density at radius 3 is 1.97 bits per heavy atom. The van der Waals surface area contributed by atoms with E-state index in [2.05, 4.69) is 34.1 Å². The molecule has 1 aliphatic carbocycles. The van der Waals surface area contributed by atoms with Crippen LogP contribution in [0.1, 0.15) is 31.2 Å². The molecular weight excluding hydrogens is 474 g/mol. The van der Waals surface area contributed by atoms with Gasteiger partial charge in [0.25, 0.3) is 0 Å². The molecular formula is C29H30ClN3OS. The van der Waals surface area contributed by atoms with Gasteiger partial charge in [-0.25, -0.2) is 0 Å². The zero-order valence-electron chi connectivity index (χ0n) is 19.8. The number of hydrogen-bond donors (Lipinski definition) is 0. The van der Waals surface area contributed by atoms with Crippen molar-refractivity contribution in [2.45, 2.75) is 31.1 Å². The molecule has 0 unspecified atom stereocenters. The van der Waals surface area contributed by atoms with E-state index >= 15 is 0 Å². The van der Waals surface area contributed by atoms with Crippen molar-refractivity contribution in [1.29, 1.82) is 0 Å². The minimum atomic E-state index is -0.587. The second-order valence-electron chi connectivity index (χ2n) is 9.36. The van der Waals surface area contributed by atoms with Gasteiger partial charge in [0.1, 0.15) is 0 Å². The van der Waals surface area contributed by atoms with Gasteiger partial charge in [0.15, 0.2) is 5.11 Å². The van der Waals surface area contributed by atoms with E-state index in [0.29, 0.717) is 10.1 Å². The lowest BCUT2D eigenvalue weighted by molar-refractivity contribution is -0.123. The topological polar surface area (TPSA) is 26.8 Å². The molecule has 2 aliphatic rings. The smallest absolute Gasteiger partial charge is 0.243 e. The first-order chi connectivity index (χ1) is 17.1. The Balaban J connectivity index is 1.43. The number of para-hydroxylation sites is 2. The molecule has 1 amide bonds. The summed E-state index contributed by atoms with van der Waals surface area (Å²) in [6.45, 7) is 3.28. The van der Waals surface area contributed by atoms with Crippen LogP contribution in [0.3, 0.4) is 0 Å². The molecule has 0 N–H and O–H groups in total. The molecule has 0 atom stereocenters. The van der Waals surface area contributed by atoms with Gasteiger partial charge in [0, 0.05) is 36.9 Å². The van der Waals surface area contributed by atoms with Crippen molar-refractivity contribution < 1.29 is 4.79 Å². The standard InChI is InChI=1S/C29H30ClN3OS/c30-24-15-13-23(14-16-24)29(17-7-8-18-29)27(34)33(26-11-5-2-6-12-26)28(35)32-21-19-31(20-22-32)25-9-3-1-4-10-25/h1-6,9-16H,7-8,17-22H2. The SMILES string of the molecule is O=C(N(C(=S)N1CCN(c2ccccc2)CC1)c1ccccc1)C1(c2ccc(Cl)cc2)CCCC1. The van der Waals surface area contributed by atoms with E-state index in [-0.39, 0.29) is 5.91 Å². The van der Waals surface area contributed by atoms with Gasteiger partial charge in [-0.05, 0) is 67.0 Å². The number of benzene rings is 3. The maximum absolute atomic E-state index is 14.5. The number of anilines is 2.